The number of nitrogens with zero attached hydrogens (tertiary/aromatic N) is 1. The molecular formula is C7H11N3O3. The van der Waals surface area contributed by atoms with Crippen molar-refractivity contribution in [1.29, 1.82) is 0 Å². The van der Waals surface area contributed by atoms with E-state index in [0.29, 0.717) is 5.82 Å². The summed E-state index contributed by atoms with van der Waals surface area (Å²) in [5.41, 5.74) is 5.45. The molecule has 1 amide bonds. The van der Waals surface area contributed by atoms with Crippen LogP contribution in [0.3, 0.4) is 0 Å². The van der Waals surface area contributed by atoms with Crippen molar-refractivity contribution in [3.05, 3.63) is 12.3 Å². The average molecular weight is 185 g/mol. The molecule has 0 radical (unpaired) electrons. The molecule has 1 atom stereocenters. The largest absolute Gasteiger partial charge is 0.383 e. The molecule has 0 aliphatic rings. The average Bonchev–Trinajstić information content (AvgIpc) is 2.57. The Morgan fingerprint density at radius 1 is 1.92 bits per heavy atom. The van der Waals surface area contributed by atoms with E-state index in [1.165, 1.54) is 19.4 Å². The lowest BCUT2D eigenvalue weighted by Gasteiger charge is -2.08. The molecule has 1 aromatic rings. The monoisotopic (exact) mass is 185 g/mol. The highest BCUT2D eigenvalue weighted by atomic mass is 16.5. The number of nitrogens with one attached hydrogen (secondary N) is 1. The lowest BCUT2D eigenvalue weighted by Crippen LogP contribution is -2.39. The van der Waals surface area contributed by atoms with Crippen molar-refractivity contribution < 1.29 is 14.1 Å². The molecule has 0 saturated carbocycles. The van der Waals surface area contributed by atoms with E-state index in [9.17, 15) is 4.79 Å². The van der Waals surface area contributed by atoms with E-state index >= 15 is 0 Å². The number of carbonyl (C=O) groups is 1. The summed E-state index contributed by atoms with van der Waals surface area (Å²) in [5, 5.41) is 5.95. The van der Waals surface area contributed by atoms with Crippen molar-refractivity contribution in [2.24, 2.45) is 5.73 Å². The SMILES string of the molecule is COCC(N)C(=O)Nc1ccon1. The smallest absolute Gasteiger partial charge is 0.244 e. The Bertz CT molecular complexity index is 260. The quantitative estimate of drug-likeness (QED) is 0.665. The third-order valence-electron chi connectivity index (χ3n) is 1.37. The summed E-state index contributed by atoms with van der Waals surface area (Å²) in [5.74, 6) is -0.00713. The van der Waals surface area contributed by atoms with Gasteiger partial charge in [0.05, 0.1) is 6.61 Å². The van der Waals surface area contributed by atoms with Gasteiger partial charge in [-0.15, -0.1) is 0 Å². The lowest BCUT2D eigenvalue weighted by atomic mass is 10.3. The minimum Gasteiger partial charge on any atom is -0.383 e. The third kappa shape index (κ3) is 2.85. The van der Waals surface area contributed by atoms with Crippen LogP contribution in [0.2, 0.25) is 0 Å². The summed E-state index contributed by atoms with van der Waals surface area (Å²) in [4.78, 5) is 11.2. The fourth-order valence-corrected chi connectivity index (χ4v) is 0.751. The number of hydrogen-bond acceptors (Lipinski definition) is 5. The number of amides is 1. The van der Waals surface area contributed by atoms with Crippen molar-refractivity contribution in [1.82, 2.24) is 5.16 Å². The lowest BCUT2D eigenvalue weighted by molar-refractivity contribution is -0.118. The number of methoxy groups -OCH3 is 1. The maximum absolute atomic E-state index is 11.2. The van der Waals surface area contributed by atoms with E-state index in [-0.39, 0.29) is 12.5 Å². The van der Waals surface area contributed by atoms with Crippen molar-refractivity contribution in [2.45, 2.75) is 6.04 Å². The van der Waals surface area contributed by atoms with Crippen LogP contribution in [-0.2, 0) is 9.53 Å². The molecule has 6 nitrogen and oxygen atoms in total. The van der Waals surface area contributed by atoms with Gasteiger partial charge in [-0.3, -0.25) is 4.79 Å². The van der Waals surface area contributed by atoms with Crippen LogP contribution in [0.15, 0.2) is 16.9 Å². The summed E-state index contributed by atoms with van der Waals surface area (Å²) < 4.78 is 9.23. The van der Waals surface area contributed by atoms with Gasteiger partial charge in [-0.25, -0.2) is 0 Å². The topological polar surface area (TPSA) is 90.4 Å². The second kappa shape index (κ2) is 4.58. The van der Waals surface area contributed by atoms with Gasteiger partial charge in [0.25, 0.3) is 0 Å². The van der Waals surface area contributed by atoms with Crippen molar-refractivity contribution >= 4 is 11.7 Å². The van der Waals surface area contributed by atoms with E-state index in [1.54, 1.807) is 0 Å². The molecule has 72 valence electrons. The van der Waals surface area contributed by atoms with Gasteiger partial charge in [0, 0.05) is 13.2 Å². The van der Waals surface area contributed by atoms with Crippen LogP contribution in [0.4, 0.5) is 5.82 Å². The Morgan fingerprint density at radius 2 is 2.69 bits per heavy atom. The molecule has 0 bridgehead atoms. The predicted octanol–water partition coefficient (Wildman–Crippen LogP) is -0.413. The number of carbonyl (C=O) groups excluding carboxylic acids is 1. The van der Waals surface area contributed by atoms with Gasteiger partial charge in [-0.2, -0.15) is 0 Å². The zero-order valence-corrected chi connectivity index (χ0v) is 7.19. The molecule has 13 heavy (non-hydrogen) atoms. The zero-order chi connectivity index (χ0) is 9.68. The van der Waals surface area contributed by atoms with Crippen molar-refractivity contribution in [2.75, 3.05) is 19.0 Å². The van der Waals surface area contributed by atoms with Crippen LogP contribution in [-0.4, -0.2) is 30.8 Å². The summed E-state index contributed by atoms with van der Waals surface area (Å²) in [6.45, 7) is 0.170. The molecule has 1 unspecified atom stereocenters. The standard InChI is InChI=1S/C7H11N3O3/c1-12-4-5(8)7(11)9-6-2-3-13-10-6/h2-3,5H,4,8H2,1H3,(H,9,10,11). The van der Waals surface area contributed by atoms with Gasteiger partial charge in [0.2, 0.25) is 5.91 Å². The summed E-state index contributed by atoms with van der Waals surface area (Å²) in [6.07, 6.45) is 1.36. The van der Waals surface area contributed by atoms with Crippen molar-refractivity contribution in [3.63, 3.8) is 0 Å². The first-order valence-corrected chi connectivity index (χ1v) is 3.70. The number of nitrogens with two attached hydrogens (primary N) is 1. The summed E-state index contributed by atoms with van der Waals surface area (Å²) >= 11 is 0. The Morgan fingerprint density at radius 3 is 3.23 bits per heavy atom. The molecule has 0 aromatic carbocycles. The number of aromatic nitrogens is 1. The van der Waals surface area contributed by atoms with E-state index in [1.807, 2.05) is 0 Å². The Kier molecular flexibility index (Phi) is 3.41. The Hall–Kier alpha value is -1.40. The van der Waals surface area contributed by atoms with E-state index in [4.69, 9.17) is 10.5 Å². The molecule has 1 heterocycles. The molecule has 3 N–H and O–H groups in total. The van der Waals surface area contributed by atoms with E-state index in [0.717, 1.165) is 0 Å². The van der Waals surface area contributed by atoms with Crippen molar-refractivity contribution in [3.8, 4) is 0 Å². The van der Waals surface area contributed by atoms with Crippen LogP contribution in [0.5, 0.6) is 0 Å². The molecule has 0 spiro atoms. The van der Waals surface area contributed by atoms with Crippen LogP contribution < -0.4 is 11.1 Å². The normalized spacial score (nSPS) is 12.5. The second-order valence-corrected chi connectivity index (χ2v) is 2.44. The predicted molar refractivity (Wildman–Crippen MR) is 45.0 cm³/mol. The fourth-order valence-electron chi connectivity index (χ4n) is 0.751. The third-order valence-corrected chi connectivity index (χ3v) is 1.37. The van der Waals surface area contributed by atoms with Crippen LogP contribution in [0.25, 0.3) is 0 Å². The highest BCUT2D eigenvalue weighted by molar-refractivity contribution is 5.93. The molecule has 0 fully saturated rings. The van der Waals surface area contributed by atoms with Crippen LogP contribution in [0, 0.1) is 0 Å². The summed E-state index contributed by atoms with van der Waals surface area (Å²) in [6, 6.07) is 0.832. The molecule has 6 heteroatoms. The Balaban J connectivity index is 2.41. The maximum atomic E-state index is 11.2. The Labute approximate surface area is 75.0 Å². The van der Waals surface area contributed by atoms with Crippen LogP contribution >= 0.6 is 0 Å². The number of rotatable bonds is 4. The van der Waals surface area contributed by atoms with E-state index in [2.05, 4.69) is 15.0 Å². The summed E-state index contributed by atoms with van der Waals surface area (Å²) in [7, 11) is 1.48. The minimum atomic E-state index is -0.693. The molecule has 0 aliphatic heterocycles. The molecule has 0 aliphatic carbocycles. The van der Waals surface area contributed by atoms with E-state index < -0.39 is 6.04 Å². The van der Waals surface area contributed by atoms with Gasteiger partial charge in [-0.1, -0.05) is 5.16 Å². The van der Waals surface area contributed by atoms with Gasteiger partial charge in [0.15, 0.2) is 5.82 Å². The van der Waals surface area contributed by atoms with Gasteiger partial charge >= 0.3 is 0 Å². The second-order valence-electron chi connectivity index (χ2n) is 2.44. The first kappa shape index (κ1) is 9.69. The highest BCUT2D eigenvalue weighted by Gasteiger charge is 2.13. The van der Waals surface area contributed by atoms with Gasteiger partial charge in [0.1, 0.15) is 12.3 Å². The first-order valence-electron chi connectivity index (χ1n) is 3.70. The fraction of sp³-hybridized carbons (Fsp3) is 0.429. The molecular weight excluding hydrogens is 174 g/mol. The van der Waals surface area contributed by atoms with Gasteiger partial charge in [-0.05, 0) is 0 Å². The molecule has 0 saturated heterocycles. The maximum Gasteiger partial charge on any atom is 0.244 e. The molecule has 1 rings (SSSR count). The first-order chi connectivity index (χ1) is 6.24. The number of anilines is 1. The minimum absolute atomic E-state index is 0.170. The highest BCUT2D eigenvalue weighted by Crippen LogP contribution is 2.01. The molecule has 1 aromatic heterocycles. The number of hydrogen-bond donors (Lipinski definition) is 2. The van der Waals surface area contributed by atoms with Gasteiger partial charge < -0.3 is 20.3 Å². The van der Waals surface area contributed by atoms with Crippen LogP contribution in [0.1, 0.15) is 0 Å². The zero-order valence-electron chi connectivity index (χ0n) is 7.19. The number of ether oxygens (including phenoxy) is 1.